The summed E-state index contributed by atoms with van der Waals surface area (Å²) in [6.45, 7) is 3.21. The summed E-state index contributed by atoms with van der Waals surface area (Å²) >= 11 is 0. The molecule has 0 spiro atoms. The van der Waals surface area contributed by atoms with Crippen LogP contribution < -0.4 is 5.32 Å². The number of rotatable bonds is 4. The number of nitrogens with zero attached hydrogens (tertiary/aromatic N) is 1. The standard InChI is InChI=1S/C13H16N2O5/c1-13(5-2-6-20-8-13)14-9-3-4-10(12(16)17)11(7-9)15(18)19/h3-4,7,14H,2,5-6,8H2,1H3,(H,16,17). The van der Waals surface area contributed by atoms with Crippen LogP contribution >= 0.6 is 0 Å². The van der Waals surface area contributed by atoms with Crippen molar-refractivity contribution < 1.29 is 19.6 Å². The van der Waals surface area contributed by atoms with Crippen LogP contribution in [0.25, 0.3) is 0 Å². The van der Waals surface area contributed by atoms with E-state index in [0.717, 1.165) is 19.4 Å². The first-order valence-corrected chi connectivity index (χ1v) is 6.29. The van der Waals surface area contributed by atoms with Crippen LogP contribution in [0.1, 0.15) is 30.1 Å². The maximum atomic E-state index is 10.9. The van der Waals surface area contributed by atoms with Crippen LogP contribution in [0, 0.1) is 10.1 Å². The molecule has 1 aliphatic heterocycles. The molecule has 0 saturated carbocycles. The number of anilines is 1. The second kappa shape index (κ2) is 5.46. The van der Waals surface area contributed by atoms with Crippen molar-refractivity contribution in [2.75, 3.05) is 18.5 Å². The molecule has 1 fully saturated rings. The Morgan fingerprint density at radius 2 is 2.30 bits per heavy atom. The third kappa shape index (κ3) is 3.05. The van der Waals surface area contributed by atoms with Gasteiger partial charge in [0.25, 0.3) is 5.69 Å². The van der Waals surface area contributed by atoms with Crippen molar-refractivity contribution in [1.29, 1.82) is 0 Å². The zero-order chi connectivity index (χ0) is 14.8. The minimum Gasteiger partial charge on any atom is -0.477 e. The Labute approximate surface area is 115 Å². The minimum absolute atomic E-state index is 0.295. The van der Waals surface area contributed by atoms with Gasteiger partial charge in [0.05, 0.1) is 17.1 Å². The number of hydrogen-bond donors (Lipinski definition) is 2. The molecule has 0 bridgehead atoms. The van der Waals surface area contributed by atoms with E-state index in [9.17, 15) is 14.9 Å². The first kappa shape index (κ1) is 14.3. The lowest BCUT2D eigenvalue weighted by Gasteiger charge is -2.35. The number of benzene rings is 1. The molecule has 20 heavy (non-hydrogen) atoms. The van der Waals surface area contributed by atoms with Crippen LogP contribution in [0.5, 0.6) is 0 Å². The Kier molecular flexibility index (Phi) is 3.89. The first-order valence-electron chi connectivity index (χ1n) is 6.29. The van der Waals surface area contributed by atoms with Crippen LogP contribution in [-0.4, -0.2) is 34.8 Å². The molecule has 1 heterocycles. The highest BCUT2D eigenvalue weighted by Gasteiger charge is 2.28. The molecule has 0 aliphatic carbocycles. The van der Waals surface area contributed by atoms with Crippen LogP contribution in [0.2, 0.25) is 0 Å². The molecule has 0 radical (unpaired) electrons. The van der Waals surface area contributed by atoms with Crippen molar-refractivity contribution in [3.8, 4) is 0 Å². The Hall–Kier alpha value is -2.15. The van der Waals surface area contributed by atoms with E-state index in [1.165, 1.54) is 18.2 Å². The number of carboxylic acid groups (broad SMARTS) is 1. The predicted octanol–water partition coefficient (Wildman–Crippen LogP) is 2.27. The Bertz CT molecular complexity index is 538. The molecule has 1 atom stereocenters. The SMILES string of the molecule is CC1(Nc2ccc(C(=O)O)c([N+](=O)[O-])c2)CCCOC1. The number of nitro benzene ring substituents is 1. The maximum absolute atomic E-state index is 10.9. The van der Waals surface area contributed by atoms with E-state index < -0.39 is 16.6 Å². The maximum Gasteiger partial charge on any atom is 0.342 e. The van der Waals surface area contributed by atoms with Crippen LogP contribution in [0.4, 0.5) is 11.4 Å². The molecule has 7 heteroatoms. The van der Waals surface area contributed by atoms with Gasteiger partial charge in [0.2, 0.25) is 0 Å². The molecule has 1 aromatic carbocycles. The Morgan fingerprint density at radius 1 is 1.55 bits per heavy atom. The summed E-state index contributed by atoms with van der Waals surface area (Å²) in [7, 11) is 0. The van der Waals surface area contributed by atoms with Gasteiger partial charge in [-0.2, -0.15) is 0 Å². The topological polar surface area (TPSA) is 102 Å². The van der Waals surface area contributed by atoms with Gasteiger partial charge in [-0.25, -0.2) is 4.79 Å². The third-order valence-corrected chi connectivity index (χ3v) is 3.31. The van der Waals surface area contributed by atoms with Gasteiger partial charge in [-0.05, 0) is 31.9 Å². The van der Waals surface area contributed by atoms with E-state index in [2.05, 4.69) is 5.32 Å². The smallest absolute Gasteiger partial charge is 0.342 e. The molecule has 0 amide bonds. The van der Waals surface area contributed by atoms with Crippen molar-refractivity contribution in [3.05, 3.63) is 33.9 Å². The summed E-state index contributed by atoms with van der Waals surface area (Å²) in [5.41, 5.74) is -0.500. The molecule has 2 rings (SSSR count). The number of nitro groups is 1. The van der Waals surface area contributed by atoms with E-state index in [1.54, 1.807) is 0 Å². The highest BCUT2D eigenvalue weighted by atomic mass is 16.6. The molecule has 1 aliphatic rings. The fourth-order valence-electron chi connectivity index (χ4n) is 2.32. The van der Waals surface area contributed by atoms with E-state index in [4.69, 9.17) is 9.84 Å². The van der Waals surface area contributed by atoms with E-state index in [0.29, 0.717) is 12.3 Å². The molecule has 7 nitrogen and oxygen atoms in total. The number of ether oxygens (including phenoxy) is 1. The van der Waals surface area contributed by atoms with Crippen molar-refractivity contribution in [1.82, 2.24) is 0 Å². The predicted molar refractivity (Wildman–Crippen MR) is 72.1 cm³/mol. The van der Waals surface area contributed by atoms with Crippen LogP contribution in [0.15, 0.2) is 18.2 Å². The second-order valence-corrected chi connectivity index (χ2v) is 5.14. The monoisotopic (exact) mass is 280 g/mol. The fourth-order valence-corrected chi connectivity index (χ4v) is 2.32. The lowest BCUT2D eigenvalue weighted by molar-refractivity contribution is -0.385. The van der Waals surface area contributed by atoms with E-state index in [1.807, 2.05) is 6.92 Å². The number of hydrogen-bond acceptors (Lipinski definition) is 5. The first-order chi connectivity index (χ1) is 9.41. The summed E-state index contributed by atoms with van der Waals surface area (Å²) in [4.78, 5) is 21.2. The zero-order valence-corrected chi connectivity index (χ0v) is 11.1. The Balaban J connectivity index is 2.27. The largest absolute Gasteiger partial charge is 0.477 e. The van der Waals surface area contributed by atoms with Crippen molar-refractivity contribution in [2.24, 2.45) is 0 Å². The average Bonchev–Trinajstić information content (AvgIpc) is 2.38. The number of aromatic carboxylic acids is 1. The van der Waals surface area contributed by atoms with Crippen LogP contribution in [-0.2, 0) is 4.74 Å². The molecule has 1 aromatic rings. The number of nitrogens with one attached hydrogen (secondary N) is 1. The van der Waals surface area contributed by atoms with Gasteiger partial charge in [-0.3, -0.25) is 10.1 Å². The van der Waals surface area contributed by atoms with Gasteiger partial charge in [0.15, 0.2) is 0 Å². The lowest BCUT2D eigenvalue weighted by atomic mass is 9.94. The van der Waals surface area contributed by atoms with E-state index in [-0.39, 0.29) is 11.1 Å². The number of carboxylic acids is 1. The van der Waals surface area contributed by atoms with Gasteiger partial charge in [-0.1, -0.05) is 0 Å². The summed E-state index contributed by atoms with van der Waals surface area (Å²) in [6.07, 6.45) is 1.81. The average molecular weight is 280 g/mol. The Morgan fingerprint density at radius 3 is 2.85 bits per heavy atom. The molecular weight excluding hydrogens is 264 g/mol. The normalized spacial score (nSPS) is 22.2. The van der Waals surface area contributed by atoms with Crippen molar-refractivity contribution in [2.45, 2.75) is 25.3 Å². The summed E-state index contributed by atoms with van der Waals surface area (Å²) < 4.78 is 5.41. The third-order valence-electron chi connectivity index (χ3n) is 3.31. The minimum atomic E-state index is -1.31. The molecule has 1 unspecified atom stereocenters. The summed E-state index contributed by atoms with van der Waals surface area (Å²) in [5, 5.41) is 23.1. The van der Waals surface area contributed by atoms with Crippen molar-refractivity contribution in [3.63, 3.8) is 0 Å². The van der Waals surface area contributed by atoms with Gasteiger partial charge in [0, 0.05) is 18.4 Å². The van der Waals surface area contributed by atoms with Crippen LogP contribution in [0.3, 0.4) is 0 Å². The fraction of sp³-hybridized carbons (Fsp3) is 0.462. The van der Waals surface area contributed by atoms with Gasteiger partial charge in [-0.15, -0.1) is 0 Å². The number of carbonyl (C=O) groups is 1. The summed E-state index contributed by atoms with van der Waals surface area (Å²) in [6, 6.07) is 4.04. The van der Waals surface area contributed by atoms with Gasteiger partial charge < -0.3 is 15.2 Å². The quantitative estimate of drug-likeness (QED) is 0.648. The molecule has 108 valence electrons. The van der Waals surface area contributed by atoms with E-state index >= 15 is 0 Å². The van der Waals surface area contributed by atoms with Gasteiger partial charge in [0.1, 0.15) is 5.56 Å². The lowest BCUT2D eigenvalue weighted by Crippen LogP contribution is -2.43. The van der Waals surface area contributed by atoms with Crippen molar-refractivity contribution >= 4 is 17.3 Å². The summed E-state index contributed by atoms with van der Waals surface area (Å²) in [5.74, 6) is -1.31. The zero-order valence-electron chi connectivity index (χ0n) is 11.1. The molecule has 1 saturated heterocycles. The highest BCUT2D eigenvalue weighted by Crippen LogP contribution is 2.28. The molecular formula is C13H16N2O5. The highest BCUT2D eigenvalue weighted by molar-refractivity contribution is 5.93. The molecule has 2 N–H and O–H groups in total. The molecule has 0 aromatic heterocycles. The van der Waals surface area contributed by atoms with Gasteiger partial charge >= 0.3 is 5.97 Å². The second-order valence-electron chi connectivity index (χ2n) is 5.14.